The van der Waals surface area contributed by atoms with Crippen molar-refractivity contribution in [2.75, 3.05) is 0 Å². The molecule has 2 fully saturated rings. The molecular weight excluding hydrogens is 264 g/mol. The third-order valence-electron chi connectivity index (χ3n) is 6.57. The molecule has 0 saturated heterocycles. The second-order valence-electron chi connectivity index (χ2n) is 7.33. The van der Waals surface area contributed by atoms with Gasteiger partial charge in [0, 0.05) is 17.4 Å². The van der Waals surface area contributed by atoms with E-state index < -0.39 is 0 Å². The number of carbonyl (C=O) groups is 1. The number of aromatic hydroxyl groups is 2. The SMILES string of the molecule is C[C@@]12CCC3c4ccc(O)c(O)c4CCC3C1CCC2=O. The largest absolute Gasteiger partial charge is 0.504 e. The van der Waals surface area contributed by atoms with E-state index in [-0.39, 0.29) is 16.9 Å². The van der Waals surface area contributed by atoms with Crippen molar-refractivity contribution in [1.29, 1.82) is 0 Å². The lowest BCUT2D eigenvalue weighted by Gasteiger charge is -2.48. The third kappa shape index (κ3) is 1.63. The van der Waals surface area contributed by atoms with Gasteiger partial charge in [0.2, 0.25) is 0 Å². The molecule has 4 atom stereocenters. The van der Waals surface area contributed by atoms with Crippen LogP contribution in [-0.2, 0) is 11.2 Å². The Labute approximate surface area is 125 Å². The Morgan fingerprint density at radius 2 is 1.95 bits per heavy atom. The molecule has 1 aromatic rings. The second-order valence-corrected chi connectivity index (χ2v) is 7.33. The number of hydrogen-bond donors (Lipinski definition) is 2. The molecule has 0 amide bonds. The van der Waals surface area contributed by atoms with Crippen LogP contribution >= 0.6 is 0 Å². The van der Waals surface area contributed by atoms with E-state index in [1.54, 1.807) is 6.07 Å². The van der Waals surface area contributed by atoms with Crippen molar-refractivity contribution < 1.29 is 15.0 Å². The highest BCUT2D eigenvalue weighted by atomic mass is 16.3. The van der Waals surface area contributed by atoms with Crippen molar-refractivity contribution in [2.24, 2.45) is 17.3 Å². The van der Waals surface area contributed by atoms with Crippen molar-refractivity contribution in [3.63, 3.8) is 0 Å². The molecule has 3 nitrogen and oxygen atoms in total. The van der Waals surface area contributed by atoms with Crippen molar-refractivity contribution in [2.45, 2.75) is 51.4 Å². The monoisotopic (exact) mass is 286 g/mol. The van der Waals surface area contributed by atoms with Crippen LogP contribution in [0, 0.1) is 17.3 Å². The summed E-state index contributed by atoms with van der Waals surface area (Å²) in [5.41, 5.74) is 2.05. The zero-order valence-electron chi connectivity index (χ0n) is 12.4. The van der Waals surface area contributed by atoms with Crippen LogP contribution in [0.15, 0.2) is 12.1 Å². The van der Waals surface area contributed by atoms with E-state index >= 15 is 0 Å². The molecule has 4 rings (SSSR count). The van der Waals surface area contributed by atoms with Gasteiger partial charge < -0.3 is 10.2 Å². The fourth-order valence-corrected chi connectivity index (χ4v) is 5.41. The minimum atomic E-state index is -0.0996. The van der Waals surface area contributed by atoms with E-state index in [2.05, 4.69) is 6.92 Å². The lowest BCUT2D eigenvalue weighted by Crippen LogP contribution is -2.42. The van der Waals surface area contributed by atoms with Crippen molar-refractivity contribution >= 4 is 5.78 Å². The first-order valence-corrected chi connectivity index (χ1v) is 8.09. The predicted octanol–water partition coefficient (Wildman–Crippen LogP) is 3.52. The van der Waals surface area contributed by atoms with Crippen LogP contribution in [0.25, 0.3) is 0 Å². The standard InChI is InChI=1S/C18H22O3/c1-18-9-8-11-10-4-6-15(19)17(21)13(10)3-2-12(11)14(18)5-7-16(18)20/h4,6,11-12,14,19,21H,2-3,5,7-9H2,1H3/t11?,12?,14?,18-/m1/s1. The topological polar surface area (TPSA) is 57.5 Å². The highest BCUT2D eigenvalue weighted by molar-refractivity contribution is 5.87. The second kappa shape index (κ2) is 4.25. The molecular formula is C18H22O3. The number of ketones is 1. The van der Waals surface area contributed by atoms with E-state index in [0.717, 1.165) is 44.1 Å². The van der Waals surface area contributed by atoms with Crippen molar-refractivity contribution in [3.8, 4) is 11.5 Å². The molecule has 3 heteroatoms. The molecule has 0 spiro atoms. The van der Waals surface area contributed by atoms with Gasteiger partial charge in [0.1, 0.15) is 5.78 Å². The van der Waals surface area contributed by atoms with E-state index in [1.165, 1.54) is 5.56 Å². The molecule has 112 valence electrons. The Morgan fingerprint density at radius 1 is 1.14 bits per heavy atom. The van der Waals surface area contributed by atoms with Crippen LogP contribution in [0.4, 0.5) is 0 Å². The van der Waals surface area contributed by atoms with Gasteiger partial charge in [-0.05, 0) is 61.5 Å². The molecule has 3 aliphatic carbocycles. The average Bonchev–Trinajstić information content (AvgIpc) is 2.78. The lowest BCUT2D eigenvalue weighted by molar-refractivity contribution is -0.129. The summed E-state index contributed by atoms with van der Waals surface area (Å²) in [5.74, 6) is 2.04. The Bertz CT molecular complexity index is 621. The first-order valence-electron chi connectivity index (χ1n) is 8.09. The average molecular weight is 286 g/mol. The van der Waals surface area contributed by atoms with Gasteiger partial charge in [-0.15, -0.1) is 0 Å². The molecule has 1 aromatic carbocycles. The number of Topliss-reactive ketones (excluding diaryl/α,β-unsaturated/α-hetero) is 1. The molecule has 21 heavy (non-hydrogen) atoms. The normalized spacial score (nSPS) is 37.8. The molecule has 2 N–H and O–H groups in total. The van der Waals surface area contributed by atoms with Gasteiger partial charge in [0.05, 0.1) is 0 Å². The summed E-state index contributed by atoms with van der Waals surface area (Å²) in [5, 5.41) is 19.8. The van der Waals surface area contributed by atoms with Crippen LogP contribution in [0.2, 0.25) is 0 Å². The smallest absolute Gasteiger partial charge is 0.160 e. The van der Waals surface area contributed by atoms with Crippen LogP contribution in [0.3, 0.4) is 0 Å². The Morgan fingerprint density at radius 3 is 2.76 bits per heavy atom. The molecule has 0 aromatic heterocycles. The highest BCUT2D eigenvalue weighted by Crippen LogP contribution is 2.60. The van der Waals surface area contributed by atoms with Crippen molar-refractivity contribution in [1.82, 2.24) is 0 Å². The molecule has 0 radical (unpaired) electrons. The van der Waals surface area contributed by atoms with Crippen LogP contribution in [-0.4, -0.2) is 16.0 Å². The first kappa shape index (κ1) is 13.2. The fraction of sp³-hybridized carbons (Fsp3) is 0.611. The molecule has 3 aliphatic rings. The number of fused-ring (bicyclic) bond motifs is 5. The summed E-state index contributed by atoms with van der Waals surface area (Å²) in [6, 6.07) is 3.60. The number of hydrogen-bond acceptors (Lipinski definition) is 3. The molecule has 2 saturated carbocycles. The molecule has 0 heterocycles. The summed E-state index contributed by atoms with van der Waals surface area (Å²) in [6.07, 6.45) is 5.63. The van der Waals surface area contributed by atoms with Gasteiger partial charge in [0.15, 0.2) is 11.5 Å². The van der Waals surface area contributed by atoms with Crippen molar-refractivity contribution in [3.05, 3.63) is 23.3 Å². The number of phenolic OH excluding ortho intramolecular Hbond substituents is 2. The molecule has 0 bridgehead atoms. The fourth-order valence-electron chi connectivity index (χ4n) is 5.41. The van der Waals surface area contributed by atoms with E-state index in [0.29, 0.717) is 23.5 Å². The zero-order chi connectivity index (χ0) is 14.8. The van der Waals surface area contributed by atoms with Crippen LogP contribution in [0.1, 0.15) is 56.1 Å². The van der Waals surface area contributed by atoms with Gasteiger partial charge >= 0.3 is 0 Å². The number of carbonyl (C=O) groups excluding carboxylic acids is 1. The number of phenols is 2. The predicted molar refractivity (Wildman–Crippen MR) is 79.4 cm³/mol. The van der Waals surface area contributed by atoms with E-state index in [9.17, 15) is 15.0 Å². The van der Waals surface area contributed by atoms with Gasteiger partial charge in [-0.25, -0.2) is 0 Å². The van der Waals surface area contributed by atoms with E-state index in [4.69, 9.17) is 0 Å². The summed E-state index contributed by atoms with van der Waals surface area (Å²) < 4.78 is 0. The lowest BCUT2D eigenvalue weighted by atomic mass is 9.55. The van der Waals surface area contributed by atoms with Gasteiger partial charge in [-0.2, -0.15) is 0 Å². The van der Waals surface area contributed by atoms with E-state index in [1.807, 2.05) is 6.07 Å². The minimum Gasteiger partial charge on any atom is -0.504 e. The van der Waals surface area contributed by atoms with Gasteiger partial charge in [-0.3, -0.25) is 4.79 Å². The maximum Gasteiger partial charge on any atom is 0.160 e. The summed E-state index contributed by atoms with van der Waals surface area (Å²) in [7, 11) is 0. The minimum absolute atomic E-state index is 0.0103. The Kier molecular flexibility index (Phi) is 2.66. The van der Waals surface area contributed by atoms with Gasteiger partial charge in [-0.1, -0.05) is 13.0 Å². The summed E-state index contributed by atoms with van der Waals surface area (Å²) >= 11 is 0. The van der Waals surface area contributed by atoms with Crippen LogP contribution < -0.4 is 0 Å². The summed E-state index contributed by atoms with van der Waals surface area (Å²) in [4.78, 5) is 12.3. The maximum absolute atomic E-state index is 12.3. The Balaban J connectivity index is 1.75. The first-order chi connectivity index (χ1) is 10.0. The zero-order valence-corrected chi connectivity index (χ0v) is 12.4. The van der Waals surface area contributed by atoms with Crippen LogP contribution in [0.5, 0.6) is 11.5 Å². The van der Waals surface area contributed by atoms with Gasteiger partial charge in [0.25, 0.3) is 0 Å². The highest BCUT2D eigenvalue weighted by Gasteiger charge is 2.54. The molecule has 3 unspecified atom stereocenters. The number of benzene rings is 1. The number of rotatable bonds is 0. The quantitative estimate of drug-likeness (QED) is 0.717. The Hall–Kier alpha value is -1.51. The third-order valence-corrected chi connectivity index (χ3v) is 6.57. The summed E-state index contributed by atoms with van der Waals surface area (Å²) in [6.45, 7) is 2.17. The maximum atomic E-state index is 12.3. The molecule has 0 aliphatic heterocycles.